The molecule has 0 heterocycles. The lowest BCUT2D eigenvalue weighted by Gasteiger charge is -2.17. The first-order valence-electron chi connectivity index (χ1n) is 6.15. The van der Waals surface area contributed by atoms with E-state index in [1.807, 2.05) is 0 Å². The highest BCUT2D eigenvalue weighted by atomic mass is 16.5. The minimum Gasteiger partial charge on any atom is -0.380 e. The summed E-state index contributed by atoms with van der Waals surface area (Å²) < 4.78 is 5.81. The first-order chi connectivity index (χ1) is 6.90. The Bertz CT molecular complexity index is 162. The van der Waals surface area contributed by atoms with Crippen molar-refractivity contribution in [2.75, 3.05) is 20.3 Å². The molecule has 1 N–H and O–H groups in total. The largest absolute Gasteiger partial charge is 0.380 e. The fraction of sp³-hybridized carbons (Fsp3) is 1.00. The first-order valence-corrected chi connectivity index (χ1v) is 6.15. The van der Waals surface area contributed by atoms with E-state index in [0.29, 0.717) is 6.04 Å². The summed E-state index contributed by atoms with van der Waals surface area (Å²) in [6, 6.07) is 0.622. The Morgan fingerprint density at radius 1 is 1.21 bits per heavy atom. The Balaban J connectivity index is 1.56. The van der Waals surface area contributed by atoms with E-state index in [4.69, 9.17) is 4.74 Å². The van der Waals surface area contributed by atoms with Crippen LogP contribution >= 0.6 is 0 Å². The molecule has 2 saturated carbocycles. The molecule has 0 aromatic rings. The van der Waals surface area contributed by atoms with Crippen molar-refractivity contribution in [3.8, 4) is 0 Å². The Hall–Kier alpha value is -0.0800. The molecule has 14 heavy (non-hydrogen) atoms. The Morgan fingerprint density at radius 3 is 2.50 bits per heavy atom. The predicted octanol–water partition coefficient (Wildman–Crippen LogP) is 2.19. The van der Waals surface area contributed by atoms with Crippen LogP contribution in [0.15, 0.2) is 0 Å². The topological polar surface area (TPSA) is 21.3 Å². The molecule has 2 heteroatoms. The molecule has 0 radical (unpaired) electrons. The lowest BCUT2D eigenvalue weighted by Crippen LogP contribution is -2.33. The molecule has 2 aliphatic rings. The van der Waals surface area contributed by atoms with E-state index in [-0.39, 0.29) is 0 Å². The first kappa shape index (κ1) is 10.4. The van der Waals surface area contributed by atoms with Crippen LogP contribution in [0.5, 0.6) is 0 Å². The molecule has 0 aromatic heterocycles. The van der Waals surface area contributed by atoms with Crippen LogP contribution in [0.2, 0.25) is 0 Å². The molecular weight excluding hydrogens is 174 g/mol. The summed E-state index contributed by atoms with van der Waals surface area (Å²) in [7, 11) is 2.06. The zero-order chi connectivity index (χ0) is 9.80. The van der Waals surface area contributed by atoms with Crippen molar-refractivity contribution >= 4 is 0 Å². The van der Waals surface area contributed by atoms with Crippen LogP contribution in [0.4, 0.5) is 0 Å². The van der Waals surface area contributed by atoms with Crippen LogP contribution in [0, 0.1) is 11.8 Å². The zero-order valence-corrected chi connectivity index (χ0v) is 9.30. The van der Waals surface area contributed by atoms with Crippen molar-refractivity contribution in [1.82, 2.24) is 5.32 Å². The van der Waals surface area contributed by atoms with Crippen molar-refractivity contribution in [3.63, 3.8) is 0 Å². The molecule has 2 aliphatic carbocycles. The third kappa shape index (κ3) is 2.96. The molecule has 0 saturated heterocycles. The van der Waals surface area contributed by atoms with Gasteiger partial charge in [0.15, 0.2) is 0 Å². The summed E-state index contributed by atoms with van der Waals surface area (Å²) in [4.78, 5) is 0. The molecule has 1 unspecified atom stereocenters. The lowest BCUT2D eigenvalue weighted by atomic mass is 10.1. The monoisotopic (exact) mass is 197 g/mol. The number of likely N-dealkylation sites (N-methyl/N-ethyl adjacent to an activating group) is 1. The van der Waals surface area contributed by atoms with E-state index >= 15 is 0 Å². The molecule has 1 atom stereocenters. The van der Waals surface area contributed by atoms with Crippen molar-refractivity contribution in [3.05, 3.63) is 0 Å². The fourth-order valence-corrected chi connectivity index (χ4v) is 2.49. The maximum absolute atomic E-state index is 5.81. The average molecular weight is 197 g/mol. The molecule has 0 aliphatic heterocycles. The number of hydrogen-bond acceptors (Lipinski definition) is 2. The van der Waals surface area contributed by atoms with E-state index in [9.17, 15) is 0 Å². The normalized spacial score (nSPS) is 25.5. The lowest BCUT2D eigenvalue weighted by molar-refractivity contribution is 0.0799. The standard InChI is InChI=1S/C12H23NO/c1-13-12(11-6-7-11)9-14-8-10-4-2-3-5-10/h10-13H,2-9H2,1H3. The van der Waals surface area contributed by atoms with Gasteiger partial charge >= 0.3 is 0 Å². The van der Waals surface area contributed by atoms with Crippen molar-refractivity contribution in [1.29, 1.82) is 0 Å². The summed E-state index contributed by atoms with van der Waals surface area (Å²) in [5.74, 6) is 1.77. The van der Waals surface area contributed by atoms with Gasteiger partial charge in [0.25, 0.3) is 0 Å². The van der Waals surface area contributed by atoms with E-state index in [2.05, 4.69) is 12.4 Å². The van der Waals surface area contributed by atoms with Gasteiger partial charge in [-0.25, -0.2) is 0 Å². The summed E-state index contributed by atoms with van der Waals surface area (Å²) in [5, 5.41) is 3.36. The van der Waals surface area contributed by atoms with Gasteiger partial charge in [-0.05, 0) is 44.6 Å². The van der Waals surface area contributed by atoms with Crippen LogP contribution in [-0.2, 0) is 4.74 Å². The molecule has 82 valence electrons. The van der Waals surface area contributed by atoms with Crippen LogP contribution in [0.25, 0.3) is 0 Å². The van der Waals surface area contributed by atoms with Crippen molar-refractivity contribution < 1.29 is 4.74 Å². The van der Waals surface area contributed by atoms with Gasteiger partial charge in [0.2, 0.25) is 0 Å². The smallest absolute Gasteiger partial charge is 0.0622 e. The number of rotatable bonds is 6. The van der Waals surface area contributed by atoms with Crippen molar-refractivity contribution in [2.24, 2.45) is 11.8 Å². The van der Waals surface area contributed by atoms with Gasteiger partial charge in [-0.3, -0.25) is 0 Å². The molecule has 0 amide bonds. The van der Waals surface area contributed by atoms with E-state index in [1.54, 1.807) is 0 Å². The number of hydrogen-bond donors (Lipinski definition) is 1. The Kier molecular flexibility index (Phi) is 3.82. The third-order valence-corrected chi connectivity index (χ3v) is 3.69. The highest BCUT2D eigenvalue weighted by Crippen LogP contribution is 2.32. The van der Waals surface area contributed by atoms with Gasteiger partial charge in [0.1, 0.15) is 0 Å². The van der Waals surface area contributed by atoms with Gasteiger partial charge in [-0.15, -0.1) is 0 Å². The molecule has 2 rings (SSSR count). The van der Waals surface area contributed by atoms with E-state index in [0.717, 1.165) is 25.0 Å². The zero-order valence-electron chi connectivity index (χ0n) is 9.30. The summed E-state index contributed by atoms with van der Waals surface area (Å²) in [6.45, 7) is 1.93. The number of ether oxygens (including phenoxy) is 1. The van der Waals surface area contributed by atoms with Gasteiger partial charge in [-0.1, -0.05) is 12.8 Å². The van der Waals surface area contributed by atoms with Crippen LogP contribution in [0.1, 0.15) is 38.5 Å². The second-order valence-electron chi connectivity index (χ2n) is 4.92. The van der Waals surface area contributed by atoms with E-state index < -0.39 is 0 Å². The van der Waals surface area contributed by atoms with Crippen LogP contribution in [-0.4, -0.2) is 26.3 Å². The van der Waals surface area contributed by atoms with Gasteiger partial charge in [-0.2, -0.15) is 0 Å². The average Bonchev–Trinajstić information content (AvgIpc) is 2.91. The molecular formula is C12H23NO. The second-order valence-corrected chi connectivity index (χ2v) is 4.92. The number of nitrogens with one attached hydrogen (secondary N) is 1. The maximum atomic E-state index is 5.81. The highest BCUT2D eigenvalue weighted by Gasteiger charge is 2.30. The second kappa shape index (κ2) is 5.13. The molecule has 0 bridgehead atoms. The molecule has 0 spiro atoms. The Labute approximate surface area is 87.4 Å². The molecule has 0 aromatic carbocycles. The SMILES string of the molecule is CNC(COCC1CCCC1)C1CC1. The summed E-state index contributed by atoms with van der Waals surface area (Å²) >= 11 is 0. The van der Waals surface area contributed by atoms with Gasteiger partial charge in [0.05, 0.1) is 6.61 Å². The highest BCUT2D eigenvalue weighted by molar-refractivity contribution is 4.85. The van der Waals surface area contributed by atoms with Gasteiger partial charge < -0.3 is 10.1 Å². The predicted molar refractivity (Wildman–Crippen MR) is 58.3 cm³/mol. The molecule has 2 nitrogen and oxygen atoms in total. The fourth-order valence-electron chi connectivity index (χ4n) is 2.49. The maximum Gasteiger partial charge on any atom is 0.0622 e. The minimum absolute atomic E-state index is 0.622. The minimum atomic E-state index is 0.622. The summed E-state index contributed by atoms with van der Waals surface area (Å²) in [6.07, 6.45) is 8.44. The molecule has 2 fully saturated rings. The van der Waals surface area contributed by atoms with Crippen LogP contribution in [0.3, 0.4) is 0 Å². The third-order valence-electron chi connectivity index (χ3n) is 3.69. The summed E-state index contributed by atoms with van der Waals surface area (Å²) in [5.41, 5.74) is 0. The van der Waals surface area contributed by atoms with E-state index in [1.165, 1.54) is 38.5 Å². The Morgan fingerprint density at radius 2 is 1.93 bits per heavy atom. The van der Waals surface area contributed by atoms with Gasteiger partial charge in [0, 0.05) is 12.6 Å². The quantitative estimate of drug-likeness (QED) is 0.705. The van der Waals surface area contributed by atoms with Crippen LogP contribution < -0.4 is 5.32 Å². The van der Waals surface area contributed by atoms with Crippen molar-refractivity contribution in [2.45, 2.75) is 44.6 Å².